The van der Waals surface area contributed by atoms with Crippen LogP contribution in [0.15, 0.2) is 30.5 Å². The number of rotatable bonds is 8. The van der Waals surface area contributed by atoms with Crippen LogP contribution in [0.3, 0.4) is 0 Å². The summed E-state index contributed by atoms with van der Waals surface area (Å²) in [6.07, 6.45) is 5.26. The first-order valence-corrected chi connectivity index (χ1v) is 12.2. The van der Waals surface area contributed by atoms with Crippen molar-refractivity contribution in [1.29, 1.82) is 0 Å². The van der Waals surface area contributed by atoms with Crippen molar-refractivity contribution in [3.63, 3.8) is 0 Å². The van der Waals surface area contributed by atoms with Gasteiger partial charge in [0.2, 0.25) is 11.8 Å². The highest BCUT2D eigenvalue weighted by atomic mass is 35.5. The summed E-state index contributed by atoms with van der Waals surface area (Å²) >= 11 is 5.85. The molecule has 2 N–H and O–H groups in total. The summed E-state index contributed by atoms with van der Waals surface area (Å²) in [6, 6.07) is 6.69. The number of nitrogens with zero attached hydrogens (tertiary/aromatic N) is 3. The highest BCUT2D eigenvalue weighted by molar-refractivity contribution is 6.30. The third-order valence-corrected chi connectivity index (χ3v) is 6.43. The zero-order valence-corrected chi connectivity index (χ0v) is 20.7. The molecule has 1 aliphatic carbocycles. The first-order valence-electron chi connectivity index (χ1n) is 11.8. The van der Waals surface area contributed by atoms with Crippen molar-refractivity contribution in [3.8, 4) is 0 Å². The second-order valence-electron chi connectivity index (χ2n) is 8.66. The largest absolute Gasteiger partial charge is 0.343 e. The van der Waals surface area contributed by atoms with Crippen molar-refractivity contribution in [2.75, 3.05) is 23.7 Å². The van der Waals surface area contributed by atoms with E-state index in [1.54, 1.807) is 31.2 Å². The second kappa shape index (κ2) is 11.9. The highest BCUT2D eigenvalue weighted by Crippen LogP contribution is 2.31. The Morgan fingerprint density at radius 1 is 1.06 bits per heavy atom. The summed E-state index contributed by atoms with van der Waals surface area (Å²) in [4.78, 5) is 48.2. The Bertz CT molecular complexity index is 1020. The number of hydrogen-bond acceptors (Lipinski definition) is 5. The van der Waals surface area contributed by atoms with Gasteiger partial charge >= 0.3 is 0 Å². The number of hydrogen-bond donors (Lipinski definition) is 2. The Morgan fingerprint density at radius 2 is 1.79 bits per heavy atom. The van der Waals surface area contributed by atoms with E-state index in [0.717, 1.165) is 32.2 Å². The lowest BCUT2D eigenvalue weighted by Gasteiger charge is -2.32. The fourth-order valence-corrected chi connectivity index (χ4v) is 4.35. The maximum absolute atomic E-state index is 13.0. The molecule has 3 rings (SSSR count). The Balaban J connectivity index is 1.61. The van der Waals surface area contributed by atoms with Crippen molar-refractivity contribution in [3.05, 3.63) is 46.9 Å². The Kier molecular flexibility index (Phi) is 8.98. The van der Waals surface area contributed by atoms with Crippen LogP contribution in [0.5, 0.6) is 0 Å². The van der Waals surface area contributed by atoms with Crippen molar-refractivity contribution >= 4 is 40.8 Å². The van der Waals surface area contributed by atoms with Crippen LogP contribution in [0.1, 0.15) is 62.1 Å². The Morgan fingerprint density at radius 3 is 2.41 bits per heavy atom. The predicted molar refractivity (Wildman–Crippen MR) is 133 cm³/mol. The van der Waals surface area contributed by atoms with Crippen LogP contribution in [0.2, 0.25) is 5.02 Å². The third-order valence-electron chi connectivity index (χ3n) is 6.21. The molecule has 2 aromatic rings. The average Bonchev–Trinajstić information content (AvgIpc) is 2.84. The summed E-state index contributed by atoms with van der Waals surface area (Å²) in [7, 11) is 0. The maximum atomic E-state index is 13.0. The third kappa shape index (κ3) is 6.76. The molecule has 1 fully saturated rings. The standard InChI is InChI=1S/C25H32ClN5O3/c1-4-22(32)31(5-2)15-17-7-9-18(10-8-17)24(33)29-20-12-6-16(3)28-23(20)25(34)30-21-13-11-19(26)14-27-21/h6,11-14,17-18H,4-5,7-10,15H2,1-3H3,(H,29,33)(H,27,30,34). The Labute approximate surface area is 205 Å². The van der Waals surface area contributed by atoms with E-state index in [1.165, 1.54) is 6.20 Å². The molecule has 8 nitrogen and oxygen atoms in total. The molecule has 0 saturated heterocycles. The van der Waals surface area contributed by atoms with E-state index >= 15 is 0 Å². The van der Waals surface area contributed by atoms with E-state index in [2.05, 4.69) is 20.6 Å². The number of carbonyl (C=O) groups is 3. The minimum Gasteiger partial charge on any atom is -0.343 e. The topological polar surface area (TPSA) is 104 Å². The average molecular weight is 486 g/mol. The minimum absolute atomic E-state index is 0.111. The van der Waals surface area contributed by atoms with Crippen LogP contribution in [-0.2, 0) is 9.59 Å². The molecule has 0 radical (unpaired) electrons. The van der Waals surface area contributed by atoms with Gasteiger partial charge in [-0.1, -0.05) is 18.5 Å². The lowest BCUT2D eigenvalue weighted by molar-refractivity contribution is -0.131. The number of aromatic nitrogens is 2. The van der Waals surface area contributed by atoms with Crippen molar-refractivity contribution < 1.29 is 14.4 Å². The summed E-state index contributed by atoms with van der Waals surface area (Å²) in [6.45, 7) is 7.13. The van der Waals surface area contributed by atoms with E-state index in [1.807, 2.05) is 18.7 Å². The summed E-state index contributed by atoms with van der Waals surface area (Å²) in [5, 5.41) is 6.07. The Hall–Kier alpha value is -3.00. The lowest BCUT2D eigenvalue weighted by atomic mass is 9.81. The second-order valence-corrected chi connectivity index (χ2v) is 9.09. The van der Waals surface area contributed by atoms with Gasteiger partial charge in [0.1, 0.15) is 5.82 Å². The first-order chi connectivity index (χ1) is 16.3. The number of amides is 3. The van der Waals surface area contributed by atoms with Gasteiger partial charge in [-0.05, 0) is 69.7 Å². The molecule has 34 heavy (non-hydrogen) atoms. The molecule has 182 valence electrons. The molecule has 2 aromatic heterocycles. The number of anilines is 2. The molecule has 2 heterocycles. The minimum atomic E-state index is -0.460. The SMILES string of the molecule is CCC(=O)N(CC)CC1CCC(C(=O)Nc2ccc(C)nc2C(=O)Nc2ccc(Cl)cn2)CC1. The lowest BCUT2D eigenvalue weighted by Crippen LogP contribution is -2.37. The normalized spacial score (nSPS) is 17.6. The molecular formula is C25H32ClN5O3. The van der Waals surface area contributed by atoms with Crippen LogP contribution >= 0.6 is 11.6 Å². The first kappa shape index (κ1) is 25.6. The van der Waals surface area contributed by atoms with E-state index in [-0.39, 0.29) is 23.4 Å². The van der Waals surface area contributed by atoms with E-state index < -0.39 is 5.91 Å². The van der Waals surface area contributed by atoms with Gasteiger partial charge in [0.25, 0.3) is 5.91 Å². The molecule has 0 bridgehead atoms. The number of carbonyl (C=O) groups excluding carboxylic acids is 3. The molecule has 0 aromatic carbocycles. The van der Waals surface area contributed by atoms with Crippen LogP contribution < -0.4 is 10.6 Å². The fraction of sp³-hybridized carbons (Fsp3) is 0.480. The van der Waals surface area contributed by atoms with Crippen LogP contribution in [0.25, 0.3) is 0 Å². The van der Waals surface area contributed by atoms with Gasteiger partial charge in [-0.2, -0.15) is 0 Å². The molecule has 1 aliphatic rings. The zero-order chi connectivity index (χ0) is 24.7. The summed E-state index contributed by atoms with van der Waals surface area (Å²) < 4.78 is 0. The molecular weight excluding hydrogens is 454 g/mol. The molecule has 1 saturated carbocycles. The predicted octanol–water partition coefficient (Wildman–Crippen LogP) is 4.69. The number of halogens is 1. The van der Waals surface area contributed by atoms with Gasteiger partial charge in [-0.15, -0.1) is 0 Å². The summed E-state index contributed by atoms with van der Waals surface area (Å²) in [5.74, 6) is 0.222. The van der Waals surface area contributed by atoms with Gasteiger partial charge in [0.15, 0.2) is 5.69 Å². The molecule has 0 spiro atoms. The van der Waals surface area contributed by atoms with Crippen molar-refractivity contribution in [1.82, 2.24) is 14.9 Å². The van der Waals surface area contributed by atoms with Crippen molar-refractivity contribution in [2.45, 2.75) is 52.9 Å². The van der Waals surface area contributed by atoms with Crippen LogP contribution in [0, 0.1) is 18.8 Å². The van der Waals surface area contributed by atoms with E-state index in [9.17, 15) is 14.4 Å². The number of pyridine rings is 2. The molecule has 9 heteroatoms. The summed E-state index contributed by atoms with van der Waals surface area (Å²) in [5.41, 5.74) is 1.17. The van der Waals surface area contributed by atoms with Crippen molar-refractivity contribution in [2.24, 2.45) is 11.8 Å². The monoisotopic (exact) mass is 485 g/mol. The fourth-order valence-electron chi connectivity index (χ4n) is 4.24. The van der Waals surface area contributed by atoms with Gasteiger partial charge in [-0.25, -0.2) is 9.97 Å². The number of nitrogens with one attached hydrogen (secondary N) is 2. The quantitative estimate of drug-likeness (QED) is 0.564. The molecule has 3 amide bonds. The van der Waals surface area contributed by atoms with Gasteiger partial charge in [0.05, 0.1) is 10.7 Å². The maximum Gasteiger partial charge on any atom is 0.277 e. The molecule has 0 unspecified atom stereocenters. The van der Waals surface area contributed by atoms with Crippen LogP contribution in [0.4, 0.5) is 11.5 Å². The van der Waals surface area contributed by atoms with E-state index in [0.29, 0.717) is 41.1 Å². The van der Waals surface area contributed by atoms with Gasteiger partial charge < -0.3 is 15.5 Å². The highest BCUT2D eigenvalue weighted by Gasteiger charge is 2.29. The molecule has 0 aliphatic heterocycles. The van der Waals surface area contributed by atoms with Gasteiger partial charge in [0, 0.05) is 37.3 Å². The van der Waals surface area contributed by atoms with E-state index in [4.69, 9.17) is 11.6 Å². The van der Waals surface area contributed by atoms with Gasteiger partial charge in [-0.3, -0.25) is 14.4 Å². The zero-order valence-electron chi connectivity index (χ0n) is 19.9. The number of aryl methyl sites for hydroxylation is 1. The smallest absolute Gasteiger partial charge is 0.277 e. The van der Waals surface area contributed by atoms with Crippen LogP contribution in [-0.4, -0.2) is 45.7 Å². The molecule has 0 atom stereocenters.